The molecule has 0 radical (unpaired) electrons. The van der Waals surface area contributed by atoms with Crippen molar-refractivity contribution in [2.24, 2.45) is 0 Å². The molecule has 0 saturated heterocycles. The van der Waals surface area contributed by atoms with Crippen LogP contribution in [-0.4, -0.2) is 40.2 Å². The first kappa shape index (κ1) is 12.5. The van der Waals surface area contributed by atoms with Gasteiger partial charge < -0.3 is 19.6 Å². The fraction of sp³-hybridized carbons (Fsp3) is 0.800. The standard InChI is InChI=1S/C5H11O7P/c1-4(6)11-2-5(7)3-12-13(8,9)10/h5,7H,2-3H2,1H3,(H2,8,9,10)/t5-/m1/s1. The smallest absolute Gasteiger partial charge is 0.463 e. The number of esters is 1. The lowest BCUT2D eigenvalue weighted by Gasteiger charge is -2.10. The average molecular weight is 214 g/mol. The summed E-state index contributed by atoms with van der Waals surface area (Å²) in [5.74, 6) is -0.588. The number of carbonyl (C=O) groups is 1. The van der Waals surface area contributed by atoms with Crippen molar-refractivity contribution in [3.05, 3.63) is 0 Å². The minimum Gasteiger partial charge on any atom is -0.463 e. The predicted molar refractivity (Wildman–Crippen MR) is 40.6 cm³/mol. The largest absolute Gasteiger partial charge is 0.469 e. The number of hydrogen-bond donors (Lipinski definition) is 3. The molecule has 0 aliphatic rings. The van der Waals surface area contributed by atoms with E-state index in [4.69, 9.17) is 14.9 Å². The third-order valence-corrected chi connectivity index (χ3v) is 1.40. The van der Waals surface area contributed by atoms with Crippen molar-refractivity contribution in [2.45, 2.75) is 13.0 Å². The third kappa shape index (κ3) is 9.45. The maximum absolute atomic E-state index is 10.2. The molecule has 0 fully saturated rings. The van der Waals surface area contributed by atoms with Crippen LogP contribution in [0.15, 0.2) is 0 Å². The first-order valence-electron chi connectivity index (χ1n) is 3.33. The summed E-state index contributed by atoms with van der Waals surface area (Å²) in [6.07, 6.45) is -1.24. The minimum absolute atomic E-state index is 0.352. The highest BCUT2D eigenvalue weighted by Gasteiger charge is 2.17. The lowest BCUT2D eigenvalue weighted by molar-refractivity contribution is -0.144. The molecule has 8 heteroatoms. The number of ether oxygens (including phenoxy) is 1. The summed E-state index contributed by atoms with van der Waals surface area (Å²) in [6, 6.07) is 0. The van der Waals surface area contributed by atoms with Crippen LogP contribution in [-0.2, 0) is 18.6 Å². The van der Waals surface area contributed by atoms with Crippen molar-refractivity contribution in [3.8, 4) is 0 Å². The van der Waals surface area contributed by atoms with Crippen LogP contribution in [0.5, 0.6) is 0 Å². The topological polar surface area (TPSA) is 113 Å². The minimum atomic E-state index is -4.57. The summed E-state index contributed by atoms with van der Waals surface area (Å²) < 4.78 is 18.4. The number of aliphatic hydroxyl groups is 1. The Bertz CT molecular complexity index is 209. The summed E-state index contributed by atoms with van der Waals surface area (Å²) in [6.45, 7) is 0.212. The van der Waals surface area contributed by atoms with Gasteiger partial charge in [0, 0.05) is 6.92 Å². The number of hydrogen-bond acceptors (Lipinski definition) is 5. The molecule has 0 aromatic carbocycles. The quantitative estimate of drug-likeness (QED) is 0.398. The van der Waals surface area contributed by atoms with Crippen LogP contribution in [0.3, 0.4) is 0 Å². The van der Waals surface area contributed by atoms with Crippen LogP contribution in [0.25, 0.3) is 0 Å². The van der Waals surface area contributed by atoms with E-state index in [-0.39, 0.29) is 6.61 Å². The highest BCUT2D eigenvalue weighted by atomic mass is 31.2. The van der Waals surface area contributed by atoms with E-state index < -0.39 is 26.5 Å². The molecule has 0 heterocycles. The monoisotopic (exact) mass is 214 g/mol. The van der Waals surface area contributed by atoms with E-state index in [0.29, 0.717) is 0 Å². The highest BCUT2D eigenvalue weighted by Crippen LogP contribution is 2.35. The van der Waals surface area contributed by atoms with E-state index >= 15 is 0 Å². The van der Waals surface area contributed by atoms with Crippen LogP contribution < -0.4 is 0 Å². The molecule has 0 aromatic rings. The summed E-state index contributed by atoms with van der Waals surface area (Å²) in [4.78, 5) is 26.6. The van der Waals surface area contributed by atoms with Crippen LogP contribution in [0.2, 0.25) is 0 Å². The van der Waals surface area contributed by atoms with Crippen LogP contribution >= 0.6 is 7.82 Å². The molecule has 0 saturated carbocycles. The molecule has 0 aliphatic carbocycles. The second-order valence-electron chi connectivity index (χ2n) is 2.24. The number of phosphoric acid groups is 1. The first-order valence-corrected chi connectivity index (χ1v) is 4.86. The Balaban J connectivity index is 3.58. The molecule has 3 N–H and O–H groups in total. The van der Waals surface area contributed by atoms with Gasteiger partial charge in [0.2, 0.25) is 0 Å². The van der Waals surface area contributed by atoms with Gasteiger partial charge in [-0.15, -0.1) is 0 Å². The second-order valence-corrected chi connectivity index (χ2v) is 3.48. The maximum Gasteiger partial charge on any atom is 0.469 e. The highest BCUT2D eigenvalue weighted by molar-refractivity contribution is 7.46. The zero-order valence-corrected chi connectivity index (χ0v) is 7.81. The van der Waals surface area contributed by atoms with Gasteiger partial charge in [-0.25, -0.2) is 4.57 Å². The van der Waals surface area contributed by atoms with Gasteiger partial charge in [-0.1, -0.05) is 0 Å². The summed E-state index contributed by atoms with van der Waals surface area (Å²) >= 11 is 0. The zero-order valence-electron chi connectivity index (χ0n) is 6.91. The average Bonchev–Trinajstić information content (AvgIpc) is 1.95. The Hall–Kier alpha value is -0.460. The number of rotatable bonds is 5. The summed E-state index contributed by atoms with van der Waals surface area (Å²) in [7, 11) is -4.57. The molecule has 0 bridgehead atoms. The Morgan fingerprint density at radius 3 is 2.38 bits per heavy atom. The van der Waals surface area contributed by atoms with Crippen molar-refractivity contribution in [2.75, 3.05) is 13.2 Å². The molecule has 1 atom stereocenters. The Labute approximate surface area is 74.5 Å². The van der Waals surface area contributed by atoms with Crippen molar-refractivity contribution >= 4 is 13.8 Å². The lowest BCUT2D eigenvalue weighted by Crippen LogP contribution is -2.22. The first-order chi connectivity index (χ1) is 5.81. The Morgan fingerprint density at radius 2 is 2.00 bits per heavy atom. The van der Waals surface area contributed by atoms with Crippen molar-refractivity contribution in [1.82, 2.24) is 0 Å². The van der Waals surface area contributed by atoms with E-state index in [1.165, 1.54) is 0 Å². The van der Waals surface area contributed by atoms with Gasteiger partial charge in [-0.3, -0.25) is 9.32 Å². The number of phosphoric ester groups is 1. The van der Waals surface area contributed by atoms with E-state index in [9.17, 15) is 9.36 Å². The molecule has 0 aliphatic heterocycles. The van der Waals surface area contributed by atoms with Crippen molar-refractivity contribution < 1.29 is 33.5 Å². The van der Waals surface area contributed by atoms with Gasteiger partial charge in [0.25, 0.3) is 0 Å². The zero-order chi connectivity index (χ0) is 10.5. The molecular weight excluding hydrogens is 203 g/mol. The molecule has 0 aromatic heterocycles. The van der Waals surface area contributed by atoms with Gasteiger partial charge in [0.15, 0.2) is 0 Å². The molecular formula is C5H11O7P. The van der Waals surface area contributed by atoms with Gasteiger partial charge in [0.05, 0.1) is 6.61 Å². The maximum atomic E-state index is 10.2. The molecule has 13 heavy (non-hydrogen) atoms. The third-order valence-electron chi connectivity index (χ3n) is 0.914. The SMILES string of the molecule is CC(=O)OC[C@@H](O)COP(=O)(O)O. The summed E-state index contributed by atoms with van der Waals surface area (Å²) in [5.41, 5.74) is 0. The Kier molecular flexibility index (Phi) is 5.12. The molecule has 78 valence electrons. The van der Waals surface area contributed by atoms with Crippen molar-refractivity contribution in [1.29, 1.82) is 0 Å². The number of aliphatic hydroxyl groups excluding tert-OH is 1. The van der Waals surface area contributed by atoms with Crippen molar-refractivity contribution in [3.63, 3.8) is 0 Å². The van der Waals surface area contributed by atoms with Crippen LogP contribution in [0.4, 0.5) is 0 Å². The van der Waals surface area contributed by atoms with Gasteiger partial charge in [-0.05, 0) is 0 Å². The van der Waals surface area contributed by atoms with Gasteiger partial charge >= 0.3 is 13.8 Å². The molecule has 7 nitrogen and oxygen atoms in total. The second kappa shape index (κ2) is 5.31. The fourth-order valence-electron chi connectivity index (χ4n) is 0.445. The molecule has 0 amide bonds. The normalized spacial score (nSPS) is 13.8. The fourth-order valence-corrected chi connectivity index (χ4v) is 0.811. The van der Waals surface area contributed by atoms with Crippen LogP contribution in [0.1, 0.15) is 6.92 Å². The summed E-state index contributed by atoms with van der Waals surface area (Å²) in [5, 5.41) is 8.92. The number of carbonyl (C=O) groups excluding carboxylic acids is 1. The lowest BCUT2D eigenvalue weighted by atomic mass is 10.4. The van der Waals surface area contributed by atoms with Gasteiger partial charge in [-0.2, -0.15) is 0 Å². The molecule has 0 unspecified atom stereocenters. The van der Waals surface area contributed by atoms with Gasteiger partial charge in [0.1, 0.15) is 12.7 Å². The van der Waals surface area contributed by atoms with E-state index in [2.05, 4.69) is 9.26 Å². The molecule has 0 rings (SSSR count). The van der Waals surface area contributed by atoms with Crippen LogP contribution in [0, 0.1) is 0 Å². The van der Waals surface area contributed by atoms with E-state index in [0.717, 1.165) is 6.92 Å². The van der Waals surface area contributed by atoms with E-state index in [1.54, 1.807) is 0 Å². The Morgan fingerprint density at radius 1 is 1.46 bits per heavy atom. The predicted octanol–water partition coefficient (Wildman–Crippen LogP) is -0.980. The molecule has 0 spiro atoms. The van der Waals surface area contributed by atoms with E-state index in [1.807, 2.05) is 0 Å².